The van der Waals surface area contributed by atoms with Crippen LogP contribution in [0.2, 0.25) is 0 Å². The first-order valence-electron chi connectivity index (χ1n) is 10.3. The number of nitrogens with zero attached hydrogens (tertiary/aromatic N) is 3. The fraction of sp³-hybridized carbons (Fsp3) is 0.200. The number of aryl methyl sites for hydroxylation is 1. The summed E-state index contributed by atoms with van der Waals surface area (Å²) in [6, 6.07) is 19.3. The molecule has 1 aliphatic heterocycles. The van der Waals surface area contributed by atoms with Crippen LogP contribution < -0.4 is 14.5 Å². The van der Waals surface area contributed by atoms with Gasteiger partial charge in [-0.3, -0.25) is 0 Å². The lowest BCUT2D eigenvalue weighted by atomic mass is 9.98. The van der Waals surface area contributed by atoms with Crippen LogP contribution in [0, 0.1) is 6.92 Å². The van der Waals surface area contributed by atoms with Crippen LogP contribution in [0.3, 0.4) is 0 Å². The molecule has 1 unspecified atom stereocenters. The molecule has 0 saturated carbocycles. The Balaban J connectivity index is 1.61. The lowest BCUT2D eigenvalue weighted by Gasteiger charge is -2.22. The summed E-state index contributed by atoms with van der Waals surface area (Å²) in [5, 5.41) is 17.5. The molecule has 5 rings (SSSR count). The molecular weight excluding hydrogens is 422 g/mol. The van der Waals surface area contributed by atoms with Crippen molar-refractivity contribution in [2.24, 2.45) is 5.10 Å². The Morgan fingerprint density at radius 2 is 1.78 bits per heavy atom. The van der Waals surface area contributed by atoms with Crippen LogP contribution in [0.1, 0.15) is 29.2 Å². The molecule has 32 heavy (non-hydrogen) atoms. The lowest BCUT2D eigenvalue weighted by Crippen LogP contribution is -2.18. The minimum atomic E-state index is -0.0422. The first kappa shape index (κ1) is 20.3. The Bertz CT molecular complexity index is 1310. The standard InChI is InChI=1S/C25H23N3O3S/c1-15-5-4-6-23-24(15)26-25(32-23)28-20(17-9-12-21(30-2)22(13-17)31-3)14-19(27-28)16-7-10-18(29)11-8-16/h4-13,20,29H,14H2,1-3H3. The van der Waals surface area contributed by atoms with Gasteiger partial charge in [0, 0.05) is 6.42 Å². The highest BCUT2D eigenvalue weighted by Crippen LogP contribution is 2.42. The third kappa shape index (κ3) is 3.54. The number of rotatable bonds is 5. The molecule has 3 aromatic carbocycles. The maximum atomic E-state index is 9.69. The van der Waals surface area contributed by atoms with Crippen LogP contribution in [0.4, 0.5) is 5.13 Å². The van der Waals surface area contributed by atoms with Crippen molar-refractivity contribution in [3.8, 4) is 17.2 Å². The fourth-order valence-electron chi connectivity index (χ4n) is 4.01. The maximum absolute atomic E-state index is 9.69. The van der Waals surface area contributed by atoms with E-state index in [-0.39, 0.29) is 11.8 Å². The van der Waals surface area contributed by atoms with Gasteiger partial charge in [-0.15, -0.1) is 0 Å². The predicted molar refractivity (Wildman–Crippen MR) is 128 cm³/mol. The topological polar surface area (TPSA) is 67.2 Å². The molecule has 162 valence electrons. The first-order valence-corrected chi connectivity index (χ1v) is 11.1. The molecule has 0 spiro atoms. The predicted octanol–water partition coefficient (Wildman–Crippen LogP) is 5.68. The molecule has 1 atom stereocenters. The highest BCUT2D eigenvalue weighted by Gasteiger charge is 2.32. The van der Waals surface area contributed by atoms with E-state index in [1.807, 2.05) is 35.3 Å². The van der Waals surface area contributed by atoms with Gasteiger partial charge in [0.25, 0.3) is 0 Å². The molecule has 0 bridgehead atoms. The van der Waals surface area contributed by atoms with Crippen molar-refractivity contribution in [3.63, 3.8) is 0 Å². The number of hydrogen-bond donors (Lipinski definition) is 1. The second kappa shape index (κ2) is 8.16. The van der Waals surface area contributed by atoms with Gasteiger partial charge in [0.1, 0.15) is 5.75 Å². The van der Waals surface area contributed by atoms with E-state index in [4.69, 9.17) is 19.6 Å². The minimum Gasteiger partial charge on any atom is -0.508 e. The van der Waals surface area contributed by atoms with Crippen LogP contribution in [0.15, 0.2) is 65.8 Å². The minimum absolute atomic E-state index is 0.0422. The molecule has 1 aliphatic rings. The smallest absolute Gasteiger partial charge is 0.207 e. The highest BCUT2D eigenvalue weighted by molar-refractivity contribution is 7.22. The Labute approximate surface area is 190 Å². The lowest BCUT2D eigenvalue weighted by molar-refractivity contribution is 0.354. The molecule has 1 aromatic heterocycles. The second-order valence-corrected chi connectivity index (χ2v) is 8.70. The Morgan fingerprint density at radius 3 is 2.50 bits per heavy atom. The number of ether oxygens (including phenoxy) is 2. The molecular formula is C25H23N3O3S. The van der Waals surface area contributed by atoms with E-state index < -0.39 is 0 Å². The zero-order valence-electron chi connectivity index (χ0n) is 18.1. The molecule has 0 fully saturated rings. The molecule has 7 heteroatoms. The Morgan fingerprint density at radius 1 is 1.00 bits per heavy atom. The van der Waals surface area contributed by atoms with Crippen molar-refractivity contribution in [3.05, 3.63) is 77.4 Å². The summed E-state index contributed by atoms with van der Waals surface area (Å²) in [4.78, 5) is 4.93. The number of para-hydroxylation sites is 1. The monoisotopic (exact) mass is 445 g/mol. The van der Waals surface area contributed by atoms with Crippen LogP contribution >= 0.6 is 11.3 Å². The summed E-state index contributed by atoms with van der Waals surface area (Å²) >= 11 is 1.64. The van der Waals surface area contributed by atoms with Crippen molar-refractivity contribution in [2.75, 3.05) is 19.2 Å². The molecule has 0 radical (unpaired) electrons. The summed E-state index contributed by atoms with van der Waals surface area (Å²) < 4.78 is 12.1. The van der Waals surface area contributed by atoms with Gasteiger partial charge in [0.05, 0.1) is 36.2 Å². The van der Waals surface area contributed by atoms with Gasteiger partial charge in [-0.1, -0.05) is 29.5 Å². The zero-order valence-corrected chi connectivity index (χ0v) is 18.9. The number of thiazole rings is 1. The van der Waals surface area contributed by atoms with E-state index in [0.717, 1.165) is 37.8 Å². The number of methoxy groups -OCH3 is 2. The molecule has 1 N–H and O–H groups in total. The van der Waals surface area contributed by atoms with E-state index in [2.05, 4.69) is 25.1 Å². The molecule has 2 heterocycles. The number of benzene rings is 3. The average molecular weight is 446 g/mol. The van der Waals surface area contributed by atoms with Gasteiger partial charge in [0.2, 0.25) is 5.13 Å². The van der Waals surface area contributed by atoms with Crippen molar-refractivity contribution >= 4 is 32.4 Å². The SMILES string of the molecule is COc1ccc(C2CC(c3ccc(O)cc3)=NN2c2nc3c(C)cccc3s2)cc1OC. The van der Waals surface area contributed by atoms with Gasteiger partial charge in [-0.2, -0.15) is 5.10 Å². The van der Waals surface area contributed by atoms with Crippen LogP contribution in [-0.2, 0) is 0 Å². The van der Waals surface area contributed by atoms with Crippen molar-refractivity contribution < 1.29 is 14.6 Å². The fourth-order valence-corrected chi connectivity index (χ4v) is 5.05. The normalized spacial score (nSPS) is 15.8. The number of aromatic hydroxyl groups is 1. The van der Waals surface area contributed by atoms with Crippen molar-refractivity contribution in [2.45, 2.75) is 19.4 Å². The summed E-state index contributed by atoms with van der Waals surface area (Å²) in [7, 11) is 3.28. The van der Waals surface area contributed by atoms with Gasteiger partial charge in [0.15, 0.2) is 11.5 Å². The maximum Gasteiger partial charge on any atom is 0.207 e. The van der Waals surface area contributed by atoms with E-state index in [9.17, 15) is 5.11 Å². The first-order chi connectivity index (χ1) is 15.6. The van der Waals surface area contributed by atoms with Crippen LogP contribution in [-0.4, -0.2) is 30.0 Å². The largest absolute Gasteiger partial charge is 0.508 e. The van der Waals surface area contributed by atoms with Gasteiger partial charge in [-0.25, -0.2) is 9.99 Å². The van der Waals surface area contributed by atoms with E-state index in [1.165, 1.54) is 0 Å². The van der Waals surface area contributed by atoms with E-state index in [1.54, 1.807) is 37.7 Å². The third-order valence-corrected chi connectivity index (χ3v) is 6.72. The Hall–Kier alpha value is -3.58. The number of phenolic OH excluding ortho intramolecular Hbond substituents is 1. The number of fused-ring (bicyclic) bond motifs is 1. The molecule has 0 saturated heterocycles. The summed E-state index contributed by atoms with van der Waals surface area (Å²) in [6.45, 7) is 2.08. The molecule has 0 amide bonds. The number of phenols is 1. The van der Waals surface area contributed by atoms with Crippen LogP contribution in [0.5, 0.6) is 17.2 Å². The van der Waals surface area contributed by atoms with Crippen LogP contribution in [0.25, 0.3) is 10.2 Å². The van der Waals surface area contributed by atoms with E-state index >= 15 is 0 Å². The third-order valence-electron chi connectivity index (χ3n) is 5.71. The summed E-state index contributed by atoms with van der Waals surface area (Å²) in [6.07, 6.45) is 0.704. The highest BCUT2D eigenvalue weighted by atomic mass is 32.1. The summed E-state index contributed by atoms with van der Waals surface area (Å²) in [5.41, 5.74) is 5.14. The zero-order chi connectivity index (χ0) is 22.2. The van der Waals surface area contributed by atoms with Crippen molar-refractivity contribution in [1.82, 2.24) is 4.98 Å². The molecule has 0 aliphatic carbocycles. The van der Waals surface area contributed by atoms with E-state index in [0.29, 0.717) is 17.9 Å². The molecule has 4 aromatic rings. The average Bonchev–Trinajstić information content (AvgIpc) is 3.44. The van der Waals surface area contributed by atoms with Gasteiger partial charge < -0.3 is 14.6 Å². The molecule has 6 nitrogen and oxygen atoms in total. The van der Waals surface area contributed by atoms with Crippen molar-refractivity contribution in [1.29, 1.82) is 0 Å². The van der Waals surface area contributed by atoms with Gasteiger partial charge >= 0.3 is 0 Å². The quantitative estimate of drug-likeness (QED) is 0.428. The number of hydrogen-bond acceptors (Lipinski definition) is 7. The number of anilines is 1. The number of hydrazone groups is 1. The number of aromatic nitrogens is 1. The van der Waals surface area contributed by atoms with Gasteiger partial charge in [-0.05, 0) is 66.1 Å². The Kier molecular flexibility index (Phi) is 5.19. The second-order valence-electron chi connectivity index (χ2n) is 7.69. The summed E-state index contributed by atoms with van der Waals surface area (Å²) in [5.74, 6) is 1.61.